The van der Waals surface area contributed by atoms with Crippen molar-refractivity contribution in [3.8, 4) is 0 Å². The summed E-state index contributed by atoms with van der Waals surface area (Å²) in [6.45, 7) is 4.15. The predicted octanol–water partition coefficient (Wildman–Crippen LogP) is 4.66. The van der Waals surface area contributed by atoms with E-state index in [4.69, 9.17) is 9.73 Å². The van der Waals surface area contributed by atoms with Crippen LogP contribution in [0.4, 0.5) is 0 Å². The molecule has 0 fully saturated rings. The Morgan fingerprint density at radius 1 is 1.05 bits per heavy atom. The highest BCUT2D eigenvalue weighted by atomic mass is 79.9. The Labute approximate surface area is 127 Å². The van der Waals surface area contributed by atoms with Crippen molar-refractivity contribution in [1.29, 1.82) is 0 Å². The first-order chi connectivity index (χ1) is 9.65. The minimum atomic E-state index is 0.0609. The quantitative estimate of drug-likeness (QED) is 0.784. The van der Waals surface area contributed by atoms with Gasteiger partial charge in [-0.15, -0.1) is 0 Å². The third-order valence-electron chi connectivity index (χ3n) is 3.59. The summed E-state index contributed by atoms with van der Waals surface area (Å²) in [5, 5.41) is 0. The van der Waals surface area contributed by atoms with E-state index in [0.29, 0.717) is 0 Å². The lowest BCUT2D eigenvalue weighted by atomic mass is 10.0. The first-order valence-electron chi connectivity index (χ1n) is 6.71. The lowest BCUT2D eigenvalue weighted by Gasteiger charge is -2.13. The normalized spacial score (nSPS) is 21.4. The van der Waals surface area contributed by atoms with Crippen LogP contribution in [0.15, 0.2) is 58.0 Å². The van der Waals surface area contributed by atoms with Crippen LogP contribution in [-0.4, -0.2) is 12.0 Å². The smallest absolute Gasteiger partial charge is 0.217 e. The molecule has 1 heterocycles. The molecule has 1 aliphatic rings. The van der Waals surface area contributed by atoms with E-state index in [9.17, 15) is 0 Å². The lowest BCUT2D eigenvalue weighted by Crippen LogP contribution is -2.12. The van der Waals surface area contributed by atoms with Crippen molar-refractivity contribution in [3.63, 3.8) is 0 Å². The molecule has 0 radical (unpaired) electrons. The molecule has 102 valence electrons. The highest BCUT2D eigenvalue weighted by molar-refractivity contribution is 9.10. The summed E-state index contributed by atoms with van der Waals surface area (Å²) in [7, 11) is 0. The number of hydrogen-bond acceptors (Lipinski definition) is 2. The van der Waals surface area contributed by atoms with Gasteiger partial charge in [0.05, 0.1) is 0 Å². The molecule has 0 N–H and O–H groups in total. The summed E-state index contributed by atoms with van der Waals surface area (Å²) in [6.07, 6.45) is 0.0609. The third kappa shape index (κ3) is 2.50. The molecule has 2 aromatic carbocycles. The molecule has 0 saturated heterocycles. The van der Waals surface area contributed by atoms with Gasteiger partial charge in [0.2, 0.25) is 5.90 Å². The van der Waals surface area contributed by atoms with Crippen LogP contribution in [0.5, 0.6) is 0 Å². The minimum Gasteiger partial charge on any atom is -0.472 e. The molecule has 2 aromatic rings. The van der Waals surface area contributed by atoms with Crippen LogP contribution in [-0.2, 0) is 4.74 Å². The number of hydrogen-bond donors (Lipinski definition) is 0. The molecular weight excluding hydrogens is 314 g/mol. The number of halogens is 1. The van der Waals surface area contributed by atoms with Gasteiger partial charge in [0, 0.05) is 10.0 Å². The zero-order chi connectivity index (χ0) is 14.1. The maximum absolute atomic E-state index is 5.96. The highest BCUT2D eigenvalue weighted by Crippen LogP contribution is 2.31. The molecule has 0 aromatic heterocycles. The van der Waals surface area contributed by atoms with Gasteiger partial charge in [-0.3, -0.25) is 0 Å². The molecule has 2 unspecified atom stereocenters. The average molecular weight is 330 g/mol. The Balaban J connectivity index is 1.95. The predicted molar refractivity (Wildman–Crippen MR) is 85.1 cm³/mol. The van der Waals surface area contributed by atoms with E-state index in [-0.39, 0.29) is 12.1 Å². The maximum atomic E-state index is 5.96. The van der Waals surface area contributed by atoms with Crippen molar-refractivity contribution in [2.45, 2.75) is 26.0 Å². The zero-order valence-electron chi connectivity index (χ0n) is 11.5. The van der Waals surface area contributed by atoms with E-state index in [1.807, 2.05) is 24.3 Å². The Bertz CT molecular complexity index is 648. The summed E-state index contributed by atoms with van der Waals surface area (Å²) in [5.74, 6) is 0.753. The molecule has 3 rings (SSSR count). The van der Waals surface area contributed by atoms with E-state index < -0.39 is 0 Å². The molecule has 0 spiro atoms. The summed E-state index contributed by atoms with van der Waals surface area (Å²) in [6, 6.07) is 16.5. The van der Waals surface area contributed by atoms with Gasteiger partial charge in [0.15, 0.2) is 0 Å². The number of aliphatic imine (C=N–C) groups is 1. The van der Waals surface area contributed by atoms with E-state index in [1.54, 1.807) is 0 Å². The fourth-order valence-electron chi connectivity index (χ4n) is 2.45. The van der Waals surface area contributed by atoms with Gasteiger partial charge in [-0.05, 0) is 43.2 Å². The van der Waals surface area contributed by atoms with Crippen LogP contribution in [0.1, 0.15) is 29.7 Å². The first-order valence-corrected chi connectivity index (χ1v) is 7.50. The lowest BCUT2D eigenvalue weighted by molar-refractivity contribution is 0.214. The molecule has 2 nitrogen and oxygen atoms in total. The number of rotatable bonds is 2. The van der Waals surface area contributed by atoms with Crippen molar-refractivity contribution in [1.82, 2.24) is 0 Å². The first kappa shape index (κ1) is 13.4. The van der Waals surface area contributed by atoms with Crippen LogP contribution in [0.25, 0.3) is 0 Å². The van der Waals surface area contributed by atoms with Gasteiger partial charge in [-0.25, -0.2) is 4.99 Å². The molecule has 0 amide bonds. The Kier molecular flexibility index (Phi) is 3.62. The summed E-state index contributed by atoms with van der Waals surface area (Å²) < 4.78 is 7.04. The fourth-order valence-corrected chi connectivity index (χ4v) is 2.72. The molecule has 0 saturated carbocycles. The van der Waals surface area contributed by atoms with Crippen LogP contribution >= 0.6 is 15.9 Å². The fraction of sp³-hybridized carbons (Fsp3) is 0.235. The molecule has 20 heavy (non-hydrogen) atoms. The van der Waals surface area contributed by atoms with Gasteiger partial charge in [-0.1, -0.05) is 46.3 Å². The standard InChI is InChI=1S/C17H16BrNO/c1-11-5-3-4-6-15(11)17-19-16(12(2)20-17)13-7-9-14(18)10-8-13/h3-10,12,16H,1-2H3. The second-order valence-electron chi connectivity index (χ2n) is 5.07. The van der Waals surface area contributed by atoms with Crippen LogP contribution < -0.4 is 0 Å². The van der Waals surface area contributed by atoms with Crippen molar-refractivity contribution in [2.24, 2.45) is 4.99 Å². The summed E-state index contributed by atoms with van der Waals surface area (Å²) in [5.41, 5.74) is 3.46. The minimum absolute atomic E-state index is 0.0609. The van der Waals surface area contributed by atoms with Crippen molar-refractivity contribution in [3.05, 3.63) is 69.7 Å². The molecule has 3 heteroatoms. The van der Waals surface area contributed by atoms with Crippen molar-refractivity contribution in [2.75, 3.05) is 0 Å². The Hall–Kier alpha value is -1.61. The molecule has 0 aliphatic carbocycles. The SMILES string of the molecule is Cc1ccccc1C1=NC(c2ccc(Br)cc2)C(C)O1. The van der Waals surface area contributed by atoms with Gasteiger partial charge in [0.25, 0.3) is 0 Å². The third-order valence-corrected chi connectivity index (χ3v) is 4.11. The van der Waals surface area contributed by atoms with E-state index in [2.05, 4.69) is 54.0 Å². The summed E-state index contributed by atoms with van der Waals surface area (Å²) >= 11 is 3.46. The molecule has 1 aliphatic heterocycles. The van der Waals surface area contributed by atoms with Gasteiger partial charge in [-0.2, -0.15) is 0 Å². The molecular formula is C17H16BrNO. The van der Waals surface area contributed by atoms with Crippen molar-refractivity contribution >= 4 is 21.8 Å². The zero-order valence-corrected chi connectivity index (χ0v) is 13.1. The van der Waals surface area contributed by atoms with E-state index in [1.165, 1.54) is 11.1 Å². The Morgan fingerprint density at radius 2 is 1.75 bits per heavy atom. The van der Waals surface area contributed by atoms with Gasteiger partial charge >= 0.3 is 0 Å². The topological polar surface area (TPSA) is 21.6 Å². The largest absolute Gasteiger partial charge is 0.472 e. The number of ether oxygens (including phenoxy) is 1. The second-order valence-corrected chi connectivity index (χ2v) is 5.98. The van der Waals surface area contributed by atoms with Gasteiger partial charge in [0.1, 0.15) is 12.1 Å². The van der Waals surface area contributed by atoms with E-state index >= 15 is 0 Å². The maximum Gasteiger partial charge on any atom is 0.217 e. The monoisotopic (exact) mass is 329 g/mol. The number of aryl methyl sites for hydroxylation is 1. The number of nitrogens with zero attached hydrogens (tertiary/aromatic N) is 1. The van der Waals surface area contributed by atoms with E-state index in [0.717, 1.165) is 15.9 Å². The van der Waals surface area contributed by atoms with Crippen molar-refractivity contribution < 1.29 is 4.74 Å². The Morgan fingerprint density at radius 3 is 2.45 bits per heavy atom. The average Bonchev–Trinajstić information content (AvgIpc) is 2.82. The molecule has 0 bridgehead atoms. The van der Waals surface area contributed by atoms with Crippen LogP contribution in [0.3, 0.4) is 0 Å². The second kappa shape index (κ2) is 5.41. The van der Waals surface area contributed by atoms with Crippen LogP contribution in [0.2, 0.25) is 0 Å². The van der Waals surface area contributed by atoms with Crippen LogP contribution in [0, 0.1) is 6.92 Å². The highest BCUT2D eigenvalue weighted by Gasteiger charge is 2.29. The summed E-state index contributed by atoms with van der Waals surface area (Å²) in [4.78, 5) is 4.78. The number of benzene rings is 2. The molecule has 2 atom stereocenters. The van der Waals surface area contributed by atoms with Gasteiger partial charge < -0.3 is 4.74 Å².